The van der Waals surface area contributed by atoms with Crippen molar-refractivity contribution >= 4 is 17.5 Å². The first-order chi connectivity index (χ1) is 19.5. The molecule has 0 aromatic heterocycles. The lowest BCUT2D eigenvalue weighted by molar-refractivity contribution is -0.178. The molecule has 0 bridgehead atoms. The van der Waals surface area contributed by atoms with Crippen molar-refractivity contribution in [2.75, 3.05) is 6.54 Å². The summed E-state index contributed by atoms with van der Waals surface area (Å²) in [5.74, 6) is 0.114. The number of Topliss-reactive ketones (excluding diaryl/α,β-unsaturated/α-hetero) is 1. The zero-order chi connectivity index (χ0) is 30.9. The molecule has 230 valence electrons. The minimum Gasteiger partial charge on any atom is -0.356 e. The normalized spacial score (nSPS) is 41.6. The highest BCUT2D eigenvalue weighted by Gasteiger charge is 2.70. The highest BCUT2D eigenvalue weighted by Crippen LogP contribution is 2.74. The molecule has 0 unspecified atom stereocenters. The first-order valence-corrected chi connectivity index (χ1v) is 16.8. The van der Waals surface area contributed by atoms with E-state index in [1.807, 2.05) is 26.0 Å². The number of carbonyl (C=O) groups excluding carboxylic acids is 3. The van der Waals surface area contributed by atoms with Gasteiger partial charge in [0.25, 0.3) is 0 Å². The van der Waals surface area contributed by atoms with E-state index in [1.165, 1.54) is 12.8 Å². The van der Waals surface area contributed by atoms with Crippen LogP contribution in [0, 0.1) is 61.6 Å². The molecule has 0 heterocycles. The molecule has 5 rings (SSSR count). The van der Waals surface area contributed by atoms with E-state index in [9.17, 15) is 19.6 Å². The van der Waals surface area contributed by atoms with E-state index >= 15 is 0 Å². The van der Waals surface area contributed by atoms with Gasteiger partial charge >= 0.3 is 0 Å². The molecule has 5 nitrogen and oxygen atoms in total. The van der Waals surface area contributed by atoms with Crippen molar-refractivity contribution in [3.63, 3.8) is 0 Å². The third-order valence-corrected chi connectivity index (χ3v) is 13.6. The number of allylic oxidation sites excluding steroid dienone is 4. The van der Waals surface area contributed by atoms with E-state index in [0.717, 1.165) is 69.9 Å². The topological polar surface area (TPSA) is 87.0 Å². The van der Waals surface area contributed by atoms with Gasteiger partial charge in [-0.05, 0) is 85.5 Å². The molecule has 1 N–H and O–H groups in total. The predicted molar refractivity (Wildman–Crippen MR) is 166 cm³/mol. The maximum Gasteiger partial charge on any atom is 0.226 e. The Morgan fingerprint density at radius 2 is 1.67 bits per heavy atom. The first kappa shape index (κ1) is 31.2. The number of unbranched alkanes of at least 4 members (excludes halogenated alkanes) is 3. The van der Waals surface area contributed by atoms with Crippen molar-refractivity contribution in [1.82, 2.24) is 5.32 Å². The average molecular weight is 575 g/mol. The summed E-state index contributed by atoms with van der Waals surface area (Å²) in [6, 6.07) is 2.20. The molecule has 42 heavy (non-hydrogen) atoms. The van der Waals surface area contributed by atoms with Gasteiger partial charge in [-0.2, -0.15) is 5.26 Å². The highest BCUT2D eigenvalue weighted by atomic mass is 16.2. The fourth-order valence-corrected chi connectivity index (χ4v) is 11.0. The maximum absolute atomic E-state index is 14.6. The van der Waals surface area contributed by atoms with E-state index in [4.69, 9.17) is 0 Å². The zero-order valence-corrected chi connectivity index (χ0v) is 27.5. The molecule has 5 aliphatic rings. The minimum absolute atomic E-state index is 0.0119. The van der Waals surface area contributed by atoms with Gasteiger partial charge in [0.2, 0.25) is 5.91 Å². The standard InChI is InChI=1S/C37H54N2O3/c1-9-10-11-12-19-39-31(42)37-17-15-32(2,3)22-25(37)29-26(40)20-28-34(6)21-24(23-38)30(41)33(4,5)27(34)13-14-35(28,7)36(29,8)16-18-37/h20-21,25,27,29H,9-19,22H2,1-8H3,(H,39,42)/t25-,27-,29-,34-,35+,36+,37-/m0/s1. The van der Waals surface area contributed by atoms with Gasteiger partial charge in [-0.3, -0.25) is 14.4 Å². The highest BCUT2D eigenvalue weighted by molar-refractivity contribution is 6.04. The van der Waals surface area contributed by atoms with Crippen LogP contribution in [0.15, 0.2) is 23.3 Å². The summed E-state index contributed by atoms with van der Waals surface area (Å²) in [7, 11) is 0. The van der Waals surface area contributed by atoms with Crippen LogP contribution in [0.3, 0.4) is 0 Å². The molecule has 0 radical (unpaired) electrons. The van der Waals surface area contributed by atoms with Crippen LogP contribution < -0.4 is 5.32 Å². The van der Waals surface area contributed by atoms with E-state index in [-0.39, 0.29) is 57.0 Å². The van der Waals surface area contributed by atoms with Gasteiger partial charge in [-0.1, -0.05) is 86.3 Å². The molecule has 0 aliphatic heterocycles. The Labute approximate surface area is 254 Å². The maximum atomic E-state index is 14.6. The summed E-state index contributed by atoms with van der Waals surface area (Å²) in [6.07, 6.45) is 14.6. The van der Waals surface area contributed by atoms with Crippen LogP contribution >= 0.6 is 0 Å². The number of nitrogens with zero attached hydrogens (tertiary/aromatic N) is 1. The second-order valence-corrected chi connectivity index (χ2v) is 16.7. The lowest BCUT2D eigenvalue weighted by atomic mass is 9.34. The van der Waals surface area contributed by atoms with Gasteiger partial charge in [0.1, 0.15) is 6.07 Å². The average Bonchev–Trinajstić information content (AvgIpc) is 2.91. The number of hydrogen-bond acceptors (Lipinski definition) is 4. The van der Waals surface area contributed by atoms with Gasteiger partial charge in [0.05, 0.1) is 11.0 Å². The molecule has 0 aromatic carbocycles. The molecule has 1 amide bonds. The Balaban J connectivity index is 1.58. The van der Waals surface area contributed by atoms with E-state index < -0.39 is 16.2 Å². The Bertz CT molecular complexity index is 1280. The van der Waals surface area contributed by atoms with Crippen LogP contribution in [0.2, 0.25) is 0 Å². The molecular weight excluding hydrogens is 520 g/mol. The molecule has 3 saturated carbocycles. The van der Waals surface area contributed by atoms with Gasteiger partial charge in [0, 0.05) is 23.3 Å². The fourth-order valence-electron chi connectivity index (χ4n) is 11.0. The smallest absolute Gasteiger partial charge is 0.226 e. The summed E-state index contributed by atoms with van der Waals surface area (Å²) in [6.45, 7) is 18.4. The summed E-state index contributed by atoms with van der Waals surface area (Å²) < 4.78 is 0. The predicted octanol–water partition coefficient (Wildman–Crippen LogP) is 7.90. The van der Waals surface area contributed by atoms with E-state index in [2.05, 4.69) is 52.9 Å². The number of rotatable bonds is 6. The van der Waals surface area contributed by atoms with Crippen molar-refractivity contribution in [1.29, 1.82) is 5.26 Å². The van der Waals surface area contributed by atoms with E-state index in [0.29, 0.717) is 0 Å². The van der Waals surface area contributed by atoms with Gasteiger partial charge in [-0.25, -0.2) is 0 Å². The second-order valence-electron chi connectivity index (χ2n) is 16.7. The SMILES string of the molecule is CCCCCCNC(=O)[C@]12CCC(C)(C)C[C@H]1[C@H]1C(=O)C=C3[C@@]4(C)C=C(C#N)C(=O)C(C)(C)[C@@H]4CC[C@@]3(C)[C@]1(C)CC2. The Morgan fingerprint density at radius 3 is 2.33 bits per heavy atom. The molecule has 3 fully saturated rings. The van der Waals surface area contributed by atoms with Gasteiger partial charge < -0.3 is 5.32 Å². The van der Waals surface area contributed by atoms with Crippen LogP contribution in [-0.2, 0) is 14.4 Å². The summed E-state index contributed by atoms with van der Waals surface area (Å²) >= 11 is 0. The van der Waals surface area contributed by atoms with Crippen LogP contribution in [0.1, 0.15) is 126 Å². The van der Waals surface area contributed by atoms with Crippen LogP contribution in [0.25, 0.3) is 0 Å². The van der Waals surface area contributed by atoms with Crippen molar-refractivity contribution in [3.05, 3.63) is 23.3 Å². The molecule has 0 saturated heterocycles. The number of ketones is 2. The molecular formula is C37H54N2O3. The summed E-state index contributed by atoms with van der Waals surface area (Å²) in [4.78, 5) is 42.1. The van der Waals surface area contributed by atoms with E-state index in [1.54, 1.807) is 0 Å². The van der Waals surface area contributed by atoms with Crippen molar-refractivity contribution in [2.24, 2.45) is 50.2 Å². The molecule has 0 spiro atoms. The molecule has 0 aromatic rings. The van der Waals surface area contributed by atoms with Gasteiger partial charge in [0.15, 0.2) is 11.6 Å². The number of fused-ring (bicyclic) bond motifs is 7. The zero-order valence-electron chi connectivity index (χ0n) is 27.5. The third-order valence-electron chi connectivity index (χ3n) is 13.6. The van der Waals surface area contributed by atoms with Gasteiger partial charge in [-0.15, -0.1) is 0 Å². The molecule has 5 heteroatoms. The number of nitrogens with one attached hydrogen (secondary N) is 1. The van der Waals surface area contributed by atoms with Crippen LogP contribution in [0.5, 0.6) is 0 Å². The summed E-state index contributed by atoms with van der Waals surface area (Å²) in [5, 5.41) is 13.3. The van der Waals surface area contributed by atoms with Crippen molar-refractivity contribution in [3.8, 4) is 6.07 Å². The van der Waals surface area contributed by atoms with Crippen molar-refractivity contribution in [2.45, 2.75) is 126 Å². The van der Waals surface area contributed by atoms with Crippen molar-refractivity contribution < 1.29 is 14.4 Å². The first-order valence-electron chi connectivity index (χ1n) is 16.8. The second kappa shape index (κ2) is 10.2. The quantitative estimate of drug-likeness (QED) is 0.327. The van der Waals surface area contributed by atoms with Crippen LogP contribution in [-0.4, -0.2) is 24.0 Å². The lowest BCUT2D eigenvalue weighted by Crippen LogP contribution is -2.66. The Kier molecular flexibility index (Phi) is 7.56. The lowest BCUT2D eigenvalue weighted by Gasteiger charge is -2.69. The van der Waals surface area contributed by atoms with Crippen LogP contribution in [0.4, 0.5) is 0 Å². The number of amides is 1. The number of hydrogen-bond donors (Lipinski definition) is 1. The summed E-state index contributed by atoms with van der Waals surface area (Å²) in [5.41, 5.74) is -0.803. The fraction of sp³-hybridized carbons (Fsp3) is 0.784. The number of carbonyl (C=O) groups is 3. The number of nitriles is 1. The molecule has 7 atom stereocenters. The largest absolute Gasteiger partial charge is 0.356 e. The Hall–Kier alpha value is -2.22. The Morgan fingerprint density at radius 1 is 0.976 bits per heavy atom. The molecule has 5 aliphatic carbocycles. The third kappa shape index (κ3) is 4.24. The minimum atomic E-state index is -0.665. The monoisotopic (exact) mass is 574 g/mol.